The molecule has 2 heterocycles. The minimum absolute atomic E-state index is 0.000875. The van der Waals surface area contributed by atoms with Crippen LogP contribution in [-0.4, -0.2) is 48.5 Å². The second-order valence-corrected chi connectivity index (χ2v) is 11.1. The molecule has 0 N–H and O–H groups in total. The fourth-order valence-corrected chi connectivity index (χ4v) is 6.42. The van der Waals surface area contributed by atoms with Gasteiger partial charge in [-0.05, 0) is 70.9 Å². The minimum atomic E-state index is -0.267. The fourth-order valence-electron chi connectivity index (χ4n) is 5.57. The molecule has 0 atom stereocenters. The van der Waals surface area contributed by atoms with E-state index in [1.807, 2.05) is 0 Å². The molecule has 2 aliphatic rings. The van der Waals surface area contributed by atoms with Gasteiger partial charge >= 0.3 is 0 Å². The third-order valence-electron chi connectivity index (χ3n) is 7.25. The predicted molar refractivity (Wildman–Crippen MR) is 137 cm³/mol. The number of hydrogen-bond donors (Lipinski definition) is 0. The van der Waals surface area contributed by atoms with Gasteiger partial charge in [-0.25, -0.2) is 0 Å². The maximum Gasteiger partial charge on any atom is 0.178 e. The normalized spacial score (nSPS) is 22.4. The number of piperidine rings is 1. The maximum absolute atomic E-state index is 6.26. The topological polar surface area (TPSA) is 9.72 Å². The monoisotopic (exact) mass is 451 g/mol. The van der Waals surface area contributed by atoms with Crippen LogP contribution < -0.4 is 0 Å². The SMILES string of the molecule is CN1C(C)(C)CC2(CC1(C)C)C(=S)N(Cc1ccccc1)C(=S)N2Cc1ccccc1. The highest BCUT2D eigenvalue weighted by atomic mass is 32.1. The highest BCUT2D eigenvalue weighted by Gasteiger charge is 2.60. The maximum atomic E-state index is 6.26. The van der Waals surface area contributed by atoms with Gasteiger partial charge in [-0.15, -0.1) is 0 Å². The Morgan fingerprint density at radius 1 is 0.742 bits per heavy atom. The van der Waals surface area contributed by atoms with Crippen molar-refractivity contribution < 1.29 is 0 Å². The standard InChI is InChI=1S/C26H33N3S2/c1-24(2)18-26(19-25(3,4)27(24)5)22(30)28(16-20-12-8-6-9-13-20)23(31)29(26)17-21-14-10-7-11-15-21/h6-15H,16-19H2,1-5H3. The average Bonchev–Trinajstić information content (AvgIpc) is 2.89. The van der Waals surface area contributed by atoms with Crippen LogP contribution in [0.5, 0.6) is 0 Å². The second-order valence-electron chi connectivity index (χ2n) is 10.3. The van der Waals surface area contributed by atoms with E-state index in [-0.39, 0.29) is 16.6 Å². The van der Waals surface area contributed by atoms with Crippen LogP contribution in [0.25, 0.3) is 0 Å². The van der Waals surface area contributed by atoms with Crippen molar-refractivity contribution in [3.05, 3.63) is 71.8 Å². The van der Waals surface area contributed by atoms with Crippen molar-refractivity contribution in [2.75, 3.05) is 7.05 Å². The summed E-state index contributed by atoms with van der Waals surface area (Å²) in [5.41, 5.74) is 2.23. The van der Waals surface area contributed by atoms with Crippen LogP contribution in [-0.2, 0) is 13.1 Å². The van der Waals surface area contributed by atoms with E-state index in [0.717, 1.165) is 36.0 Å². The molecule has 5 heteroatoms. The van der Waals surface area contributed by atoms with Crippen molar-refractivity contribution >= 4 is 34.5 Å². The Balaban J connectivity index is 1.77. The molecule has 0 radical (unpaired) electrons. The van der Waals surface area contributed by atoms with Crippen LogP contribution >= 0.6 is 24.4 Å². The number of thiocarbonyl (C=S) groups is 2. The van der Waals surface area contributed by atoms with Crippen LogP contribution in [0.3, 0.4) is 0 Å². The number of rotatable bonds is 4. The molecule has 3 nitrogen and oxygen atoms in total. The number of benzene rings is 2. The zero-order valence-corrected chi connectivity index (χ0v) is 20.9. The smallest absolute Gasteiger partial charge is 0.178 e. The van der Waals surface area contributed by atoms with Gasteiger partial charge in [0.25, 0.3) is 0 Å². The second kappa shape index (κ2) is 7.95. The van der Waals surface area contributed by atoms with Crippen LogP contribution in [0.4, 0.5) is 0 Å². The lowest BCUT2D eigenvalue weighted by Gasteiger charge is -2.59. The molecule has 1 spiro atoms. The zero-order chi connectivity index (χ0) is 22.4. The quantitative estimate of drug-likeness (QED) is 0.555. The third-order valence-corrected chi connectivity index (χ3v) is 8.30. The summed E-state index contributed by atoms with van der Waals surface area (Å²) in [5, 5.41) is 0.855. The van der Waals surface area contributed by atoms with Crippen molar-refractivity contribution in [1.29, 1.82) is 0 Å². The van der Waals surface area contributed by atoms with E-state index in [2.05, 4.69) is 110 Å². The van der Waals surface area contributed by atoms with Gasteiger partial charge in [-0.2, -0.15) is 0 Å². The van der Waals surface area contributed by atoms with Gasteiger partial charge in [0.2, 0.25) is 0 Å². The first-order chi connectivity index (χ1) is 14.6. The number of nitrogens with zero attached hydrogens (tertiary/aromatic N) is 3. The van der Waals surface area contributed by atoms with E-state index in [9.17, 15) is 0 Å². The number of likely N-dealkylation sites (tertiary alicyclic amines) is 1. The zero-order valence-electron chi connectivity index (χ0n) is 19.3. The molecule has 0 aliphatic carbocycles. The lowest BCUT2D eigenvalue weighted by molar-refractivity contribution is -0.0512. The van der Waals surface area contributed by atoms with Crippen LogP contribution in [0, 0.1) is 0 Å². The van der Waals surface area contributed by atoms with Gasteiger partial charge in [0, 0.05) is 17.6 Å². The van der Waals surface area contributed by atoms with E-state index in [1.54, 1.807) is 0 Å². The Hall–Kier alpha value is -1.82. The van der Waals surface area contributed by atoms with Gasteiger partial charge in [-0.1, -0.05) is 72.9 Å². The van der Waals surface area contributed by atoms with Crippen molar-refractivity contribution in [3.63, 3.8) is 0 Å². The molecule has 2 saturated heterocycles. The summed E-state index contributed by atoms with van der Waals surface area (Å²) in [6.07, 6.45) is 1.91. The first kappa shape index (κ1) is 22.4. The van der Waals surface area contributed by atoms with Crippen LogP contribution in [0.15, 0.2) is 60.7 Å². The largest absolute Gasteiger partial charge is 0.332 e. The third kappa shape index (κ3) is 3.92. The van der Waals surface area contributed by atoms with Crippen molar-refractivity contribution in [2.24, 2.45) is 0 Å². The summed E-state index contributed by atoms with van der Waals surface area (Å²) in [5.74, 6) is 0. The summed E-state index contributed by atoms with van der Waals surface area (Å²) in [6, 6.07) is 21.2. The van der Waals surface area contributed by atoms with Crippen LogP contribution in [0.2, 0.25) is 0 Å². The highest BCUT2D eigenvalue weighted by molar-refractivity contribution is 7.82. The van der Waals surface area contributed by atoms with Crippen molar-refractivity contribution in [2.45, 2.75) is 70.2 Å². The molecule has 2 aromatic carbocycles. The summed E-state index contributed by atoms with van der Waals surface area (Å²) in [7, 11) is 2.24. The first-order valence-electron chi connectivity index (χ1n) is 11.0. The Bertz CT molecular complexity index is 951. The fraction of sp³-hybridized carbons (Fsp3) is 0.462. The summed E-state index contributed by atoms with van der Waals surface area (Å²) in [4.78, 5) is 8.13. The van der Waals surface area contributed by atoms with E-state index in [1.165, 1.54) is 11.1 Å². The van der Waals surface area contributed by atoms with Crippen molar-refractivity contribution in [1.82, 2.24) is 14.7 Å². The Kier molecular flexibility index (Phi) is 5.74. The number of hydrogen-bond acceptors (Lipinski definition) is 3. The lowest BCUT2D eigenvalue weighted by Crippen LogP contribution is -2.68. The predicted octanol–water partition coefficient (Wildman–Crippen LogP) is 5.64. The lowest BCUT2D eigenvalue weighted by atomic mass is 9.68. The van der Waals surface area contributed by atoms with E-state index >= 15 is 0 Å². The molecule has 0 aromatic heterocycles. The van der Waals surface area contributed by atoms with Gasteiger partial charge in [0.15, 0.2) is 5.11 Å². The van der Waals surface area contributed by atoms with Gasteiger partial charge < -0.3 is 9.80 Å². The van der Waals surface area contributed by atoms with Gasteiger partial charge in [0.1, 0.15) is 4.99 Å². The molecule has 2 aliphatic heterocycles. The minimum Gasteiger partial charge on any atom is -0.332 e. The molecule has 0 amide bonds. The van der Waals surface area contributed by atoms with Gasteiger partial charge in [-0.3, -0.25) is 4.90 Å². The molecule has 2 fully saturated rings. The van der Waals surface area contributed by atoms with E-state index < -0.39 is 0 Å². The van der Waals surface area contributed by atoms with Crippen molar-refractivity contribution in [3.8, 4) is 0 Å². The summed E-state index contributed by atoms with van der Waals surface area (Å²) >= 11 is 12.4. The van der Waals surface area contributed by atoms with Gasteiger partial charge in [0.05, 0.1) is 12.1 Å². The molecule has 0 unspecified atom stereocenters. The molecule has 164 valence electrons. The summed E-state index contributed by atoms with van der Waals surface area (Å²) in [6.45, 7) is 10.8. The molecule has 2 aromatic rings. The molecular weight excluding hydrogens is 418 g/mol. The van der Waals surface area contributed by atoms with E-state index in [0.29, 0.717) is 0 Å². The van der Waals surface area contributed by atoms with Crippen LogP contribution in [0.1, 0.15) is 51.7 Å². The first-order valence-corrected chi connectivity index (χ1v) is 11.8. The average molecular weight is 452 g/mol. The molecule has 4 rings (SSSR count). The summed E-state index contributed by atoms with van der Waals surface area (Å²) < 4.78 is 0. The molecular formula is C26H33N3S2. The molecule has 0 saturated carbocycles. The highest BCUT2D eigenvalue weighted by Crippen LogP contribution is 2.50. The molecule has 0 bridgehead atoms. The van der Waals surface area contributed by atoms with E-state index in [4.69, 9.17) is 24.4 Å². The molecule has 31 heavy (non-hydrogen) atoms. The Labute approximate surface area is 198 Å². The Morgan fingerprint density at radius 2 is 1.19 bits per heavy atom. The Morgan fingerprint density at radius 3 is 1.68 bits per heavy atom.